The second kappa shape index (κ2) is 6.55. The SMILES string of the molecule is CSc1nsc(NC(=O)c2nc(C)sc2-c2ccccc2)n1. The van der Waals surface area contributed by atoms with Crippen LogP contribution >= 0.6 is 34.6 Å². The number of amides is 1. The number of anilines is 1. The van der Waals surface area contributed by atoms with Crippen molar-refractivity contribution in [2.75, 3.05) is 11.6 Å². The number of carbonyl (C=O) groups is 1. The summed E-state index contributed by atoms with van der Waals surface area (Å²) in [6.45, 7) is 1.89. The summed E-state index contributed by atoms with van der Waals surface area (Å²) >= 11 is 4.11. The van der Waals surface area contributed by atoms with Gasteiger partial charge in [-0.05, 0) is 18.7 Å². The summed E-state index contributed by atoms with van der Waals surface area (Å²) in [5.41, 5.74) is 1.41. The Labute approximate surface area is 140 Å². The number of hydrogen-bond donors (Lipinski definition) is 1. The Bertz CT molecular complexity index is 798. The van der Waals surface area contributed by atoms with Crippen molar-refractivity contribution in [2.45, 2.75) is 12.1 Å². The lowest BCUT2D eigenvalue weighted by Gasteiger charge is -2.02. The zero-order valence-corrected chi connectivity index (χ0v) is 14.3. The molecule has 8 heteroatoms. The highest BCUT2D eigenvalue weighted by Crippen LogP contribution is 2.30. The Morgan fingerprint density at radius 3 is 2.68 bits per heavy atom. The number of benzene rings is 1. The van der Waals surface area contributed by atoms with Crippen LogP contribution in [0.15, 0.2) is 35.5 Å². The maximum Gasteiger partial charge on any atom is 0.277 e. The molecule has 0 saturated heterocycles. The maximum atomic E-state index is 12.5. The quantitative estimate of drug-likeness (QED) is 0.723. The Morgan fingerprint density at radius 2 is 2.00 bits per heavy atom. The Kier molecular flexibility index (Phi) is 4.51. The van der Waals surface area contributed by atoms with Crippen molar-refractivity contribution in [3.8, 4) is 10.4 Å². The summed E-state index contributed by atoms with van der Waals surface area (Å²) in [7, 11) is 0. The normalized spacial score (nSPS) is 10.6. The van der Waals surface area contributed by atoms with Crippen LogP contribution in [-0.2, 0) is 0 Å². The van der Waals surface area contributed by atoms with E-state index in [1.165, 1.54) is 34.6 Å². The highest BCUT2D eigenvalue weighted by molar-refractivity contribution is 7.98. The Balaban J connectivity index is 1.89. The maximum absolute atomic E-state index is 12.5. The van der Waals surface area contributed by atoms with Gasteiger partial charge in [-0.15, -0.1) is 11.3 Å². The second-order valence-corrected chi connectivity index (χ2v) is 7.05. The van der Waals surface area contributed by atoms with Gasteiger partial charge in [0.05, 0.1) is 9.88 Å². The molecule has 1 N–H and O–H groups in total. The number of nitrogens with one attached hydrogen (secondary N) is 1. The zero-order chi connectivity index (χ0) is 15.5. The van der Waals surface area contributed by atoms with Crippen LogP contribution < -0.4 is 5.32 Å². The van der Waals surface area contributed by atoms with Gasteiger partial charge >= 0.3 is 0 Å². The molecular formula is C14H12N4OS3. The average Bonchev–Trinajstić information content (AvgIpc) is 3.14. The van der Waals surface area contributed by atoms with Crippen LogP contribution in [0.1, 0.15) is 15.5 Å². The fraction of sp³-hybridized carbons (Fsp3) is 0.143. The monoisotopic (exact) mass is 348 g/mol. The van der Waals surface area contributed by atoms with Crippen molar-refractivity contribution in [2.24, 2.45) is 0 Å². The van der Waals surface area contributed by atoms with E-state index < -0.39 is 0 Å². The predicted molar refractivity (Wildman–Crippen MR) is 91.9 cm³/mol. The molecule has 3 aromatic rings. The summed E-state index contributed by atoms with van der Waals surface area (Å²) in [4.78, 5) is 21.9. The third-order valence-corrected chi connectivity index (χ3v) is 5.11. The summed E-state index contributed by atoms with van der Waals surface area (Å²) < 4.78 is 4.13. The zero-order valence-electron chi connectivity index (χ0n) is 11.9. The van der Waals surface area contributed by atoms with Crippen LogP contribution in [0.5, 0.6) is 0 Å². The van der Waals surface area contributed by atoms with Crippen LogP contribution in [0.2, 0.25) is 0 Å². The third kappa shape index (κ3) is 3.18. The minimum absolute atomic E-state index is 0.257. The van der Waals surface area contributed by atoms with Gasteiger partial charge in [0.2, 0.25) is 10.3 Å². The fourth-order valence-electron chi connectivity index (χ4n) is 1.87. The van der Waals surface area contributed by atoms with E-state index in [-0.39, 0.29) is 5.91 Å². The van der Waals surface area contributed by atoms with E-state index in [4.69, 9.17) is 0 Å². The van der Waals surface area contributed by atoms with Gasteiger partial charge < -0.3 is 0 Å². The molecule has 0 saturated carbocycles. The van der Waals surface area contributed by atoms with Crippen molar-refractivity contribution in [3.05, 3.63) is 41.0 Å². The van der Waals surface area contributed by atoms with E-state index in [1.54, 1.807) is 0 Å². The molecule has 1 aromatic carbocycles. The fourth-order valence-corrected chi connectivity index (χ4v) is 3.91. The molecule has 0 fully saturated rings. The number of thiazole rings is 1. The van der Waals surface area contributed by atoms with Crippen molar-refractivity contribution >= 4 is 45.7 Å². The van der Waals surface area contributed by atoms with Gasteiger partial charge in [-0.1, -0.05) is 42.1 Å². The van der Waals surface area contributed by atoms with Gasteiger partial charge in [-0.25, -0.2) is 4.98 Å². The lowest BCUT2D eigenvalue weighted by molar-refractivity contribution is 0.102. The smallest absolute Gasteiger partial charge is 0.277 e. The highest BCUT2D eigenvalue weighted by Gasteiger charge is 2.19. The summed E-state index contributed by atoms with van der Waals surface area (Å²) in [6, 6.07) is 9.78. The lowest BCUT2D eigenvalue weighted by atomic mass is 10.1. The van der Waals surface area contributed by atoms with Crippen LogP contribution in [0.3, 0.4) is 0 Å². The van der Waals surface area contributed by atoms with Gasteiger partial charge in [0, 0.05) is 11.5 Å². The van der Waals surface area contributed by atoms with Crippen molar-refractivity contribution in [1.82, 2.24) is 14.3 Å². The van der Waals surface area contributed by atoms with Gasteiger partial charge in [-0.2, -0.15) is 9.36 Å². The molecule has 3 rings (SSSR count). The predicted octanol–water partition coefficient (Wildman–Crippen LogP) is 3.94. The van der Waals surface area contributed by atoms with Crippen molar-refractivity contribution in [1.29, 1.82) is 0 Å². The van der Waals surface area contributed by atoms with E-state index in [2.05, 4.69) is 19.7 Å². The van der Waals surface area contributed by atoms with Crippen molar-refractivity contribution < 1.29 is 4.79 Å². The van der Waals surface area contributed by atoms with Crippen molar-refractivity contribution in [3.63, 3.8) is 0 Å². The van der Waals surface area contributed by atoms with E-state index in [0.29, 0.717) is 16.0 Å². The first-order chi connectivity index (χ1) is 10.7. The van der Waals surface area contributed by atoms with E-state index >= 15 is 0 Å². The Hall–Kier alpha value is -1.77. The van der Waals surface area contributed by atoms with Crippen LogP contribution in [0.4, 0.5) is 5.13 Å². The second-order valence-electron chi connectivity index (χ2n) is 4.32. The number of carbonyl (C=O) groups excluding carboxylic acids is 1. The van der Waals surface area contributed by atoms with E-state index in [1.807, 2.05) is 43.5 Å². The molecule has 1 amide bonds. The lowest BCUT2D eigenvalue weighted by Crippen LogP contribution is -2.13. The number of hydrogen-bond acceptors (Lipinski definition) is 7. The van der Waals surface area contributed by atoms with Crippen LogP contribution in [0, 0.1) is 6.92 Å². The number of nitrogens with zero attached hydrogens (tertiary/aromatic N) is 3. The standard InChI is InChI=1S/C14H12N4OS3/c1-8-15-10(11(21-8)9-6-4-3-5-7-9)12(19)16-13-17-14(20-2)18-22-13/h3-7H,1-2H3,(H,16,17,18,19). The van der Waals surface area contributed by atoms with Gasteiger partial charge in [-0.3, -0.25) is 10.1 Å². The summed E-state index contributed by atoms with van der Waals surface area (Å²) in [6.07, 6.45) is 1.89. The number of aromatic nitrogens is 3. The van der Waals surface area contributed by atoms with Crippen LogP contribution in [0.25, 0.3) is 10.4 Å². The highest BCUT2D eigenvalue weighted by atomic mass is 32.2. The summed E-state index contributed by atoms with van der Waals surface area (Å²) in [5.74, 6) is -0.257. The largest absolute Gasteiger partial charge is 0.295 e. The third-order valence-electron chi connectivity index (χ3n) is 2.80. The molecule has 5 nitrogen and oxygen atoms in total. The average molecular weight is 348 g/mol. The molecule has 22 heavy (non-hydrogen) atoms. The molecule has 2 aromatic heterocycles. The number of thioether (sulfide) groups is 1. The minimum Gasteiger partial charge on any atom is -0.295 e. The van der Waals surface area contributed by atoms with E-state index in [0.717, 1.165) is 15.4 Å². The van der Waals surface area contributed by atoms with Gasteiger partial charge in [0.25, 0.3) is 5.91 Å². The van der Waals surface area contributed by atoms with Crippen LogP contribution in [-0.4, -0.2) is 26.5 Å². The molecular weight excluding hydrogens is 336 g/mol. The summed E-state index contributed by atoms with van der Waals surface area (Å²) in [5, 5.41) is 4.76. The molecule has 0 unspecified atom stereocenters. The molecule has 0 bridgehead atoms. The first kappa shape index (κ1) is 15.1. The molecule has 0 aliphatic carbocycles. The van der Waals surface area contributed by atoms with E-state index in [9.17, 15) is 4.79 Å². The Morgan fingerprint density at radius 1 is 1.23 bits per heavy atom. The van der Waals surface area contributed by atoms with Gasteiger partial charge in [0.15, 0.2) is 0 Å². The first-order valence-corrected chi connectivity index (χ1v) is 9.20. The topological polar surface area (TPSA) is 67.8 Å². The molecule has 0 aliphatic heterocycles. The molecule has 0 radical (unpaired) electrons. The molecule has 0 spiro atoms. The minimum atomic E-state index is -0.257. The molecule has 0 atom stereocenters. The first-order valence-electron chi connectivity index (χ1n) is 6.39. The molecule has 0 aliphatic rings. The molecule has 2 heterocycles. The number of aryl methyl sites for hydroxylation is 1. The van der Waals surface area contributed by atoms with Gasteiger partial charge in [0.1, 0.15) is 5.69 Å². The molecule has 112 valence electrons. The number of rotatable bonds is 4.